The number of hydrogen-bond acceptors (Lipinski definition) is 4. The fourth-order valence-corrected chi connectivity index (χ4v) is 2.36. The third-order valence-electron chi connectivity index (χ3n) is 3.48. The van der Waals surface area contributed by atoms with Crippen molar-refractivity contribution in [1.29, 1.82) is 0 Å². The van der Waals surface area contributed by atoms with Crippen molar-refractivity contribution in [1.82, 2.24) is 4.90 Å². The predicted molar refractivity (Wildman–Crippen MR) is 82.5 cm³/mol. The molecule has 2 N–H and O–H groups in total. The molecule has 114 valence electrons. The topological polar surface area (TPSA) is 64.8 Å². The average Bonchev–Trinajstić information content (AvgIpc) is 2.50. The van der Waals surface area contributed by atoms with Crippen molar-refractivity contribution in [2.75, 3.05) is 39.1 Å². The molecule has 0 bridgehead atoms. The smallest absolute Gasteiger partial charge is 0.254 e. The molecule has 0 saturated heterocycles. The molecule has 1 heterocycles. The maximum absolute atomic E-state index is 12.5. The van der Waals surface area contributed by atoms with Crippen LogP contribution in [0.1, 0.15) is 23.7 Å². The number of carbonyl (C=O) groups is 1. The lowest BCUT2D eigenvalue weighted by molar-refractivity contribution is 0.0765. The first kappa shape index (κ1) is 15.4. The normalized spacial score (nSPS) is 14.8. The molecule has 5 nitrogen and oxygen atoms in total. The monoisotopic (exact) mass is 290 g/mol. The highest BCUT2D eigenvalue weighted by Gasteiger charge is 2.19. The van der Waals surface area contributed by atoms with Crippen molar-refractivity contribution in [3.05, 3.63) is 35.4 Å². The maximum atomic E-state index is 12.5. The number of hydrogen-bond donors (Lipinski definition) is 1. The summed E-state index contributed by atoms with van der Waals surface area (Å²) in [7, 11) is 1.68. The Labute approximate surface area is 125 Å². The Morgan fingerprint density at radius 2 is 2.24 bits per heavy atom. The van der Waals surface area contributed by atoms with Crippen LogP contribution in [0.5, 0.6) is 5.75 Å². The van der Waals surface area contributed by atoms with Crippen LogP contribution in [-0.4, -0.2) is 44.2 Å². The zero-order valence-electron chi connectivity index (χ0n) is 12.6. The number of amides is 1. The molecule has 0 unspecified atom stereocenters. The summed E-state index contributed by atoms with van der Waals surface area (Å²) in [4.78, 5) is 14.3. The van der Waals surface area contributed by atoms with Gasteiger partial charge in [-0.05, 0) is 37.1 Å². The SMILES string of the molecule is CCOc1ccc(C(=O)N2CC=C(COC)CC2)cc1N. The van der Waals surface area contributed by atoms with Gasteiger partial charge in [-0.3, -0.25) is 4.79 Å². The second-order valence-electron chi connectivity index (χ2n) is 4.98. The number of nitrogens with two attached hydrogens (primary N) is 1. The van der Waals surface area contributed by atoms with Crippen molar-refractivity contribution in [3.63, 3.8) is 0 Å². The minimum atomic E-state index is -0.00235. The van der Waals surface area contributed by atoms with E-state index in [2.05, 4.69) is 6.08 Å². The highest BCUT2D eigenvalue weighted by atomic mass is 16.5. The Bertz CT molecular complexity index is 540. The maximum Gasteiger partial charge on any atom is 0.254 e. The van der Waals surface area contributed by atoms with Crippen LogP contribution in [0.4, 0.5) is 5.69 Å². The Morgan fingerprint density at radius 3 is 2.81 bits per heavy atom. The second-order valence-corrected chi connectivity index (χ2v) is 4.98. The van der Waals surface area contributed by atoms with E-state index < -0.39 is 0 Å². The van der Waals surface area contributed by atoms with Crippen molar-refractivity contribution < 1.29 is 14.3 Å². The van der Waals surface area contributed by atoms with Crippen LogP contribution in [0.3, 0.4) is 0 Å². The van der Waals surface area contributed by atoms with Crippen LogP contribution in [-0.2, 0) is 4.74 Å². The number of rotatable bonds is 5. The van der Waals surface area contributed by atoms with E-state index in [1.54, 1.807) is 25.3 Å². The standard InChI is InChI=1S/C16H22N2O3/c1-3-21-15-5-4-13(10-14(15)17)16(19)18-8-6-12(7-9-18)11-20-2/h4-6,10H,3,7-9,11,17H2,1-2H3. The number of carbonyl (C=O) groups excluding carboxylic acids is 1. The van der Waals surface area contributed by atoms with E-state index in [4.69, 9.17) is 15.2 Å². The Balaban J connectivity index is 2.06. The zero-order chi connectivity index (χ0) is 15.2. The highest BCUT2D eigenvalue weighted by Crippen LogP contribution is 2.24. The van der Waals surface area contributed by atoms with Gasteiger partial charge in [0.2, 0.25) is 0 Å². The molecule has 1 aliphatic rings. The first-order chi connectivity index (χ1) is 10.2. The minimum absolute atomic E-state index is 0.00235. The molecule has 1 aromatic rings. The summed E-state index contributed by atoms with van der Waals surface area (Å²) < 4.78 is 10.5. The predicted octanol–water partition coefficient (Wildman–Crippen LogP) is 2.09. The molecule has 0 spiro atoms. The Kier molecular flexibility index (Phi) is 5.22. The van der Waals surface area contributed by atoms with E-state index in [1.165, 1.54) is 5.57 Å². The van der Waals surface area contributed by atoms with Gasteiger partial charge in [0.25, 0.3) is 5.91 Å². The number of methoxy groups -OCH3 is 1. The summed E-state index contributed by atoms with van der Waals surface area (Å²) >= 11 is 0. The molecule has 0 saturated carbocycles. The largest absolute Gasteiger partial charge is 0.492 e. The van der Waals surface area contributed by atoms with E-state index in [1.807, 2.05) is 11.8 Å². The molecule has 0 atom stereocenters. The molecular formula is C16H22N2O3. The van der Waals surface area contributed by atoms with E-state index in [-0.39, 0.29) is 5.91 Å². The average molecular weight is 290 g/mol. The third-order valence-corrected chi connectivity index (χ3v) is 3.48. The molecule has 0 fully saturated rings. The lowest BCUT2D eigenvalue weighted by Gasteiger charge is -2.26. The van der Waals surface area contributed by atoms with Crippen molar-refractivity contribution in [3.8, 4) is 5.75 Å². The summed E-state index contributed by atoms with van der Waals surface area (Å²) in [5, 5.41) is 0. The fourth-order valence-electron chi connectivity index (χ4n) is 2.36. The molecule has 0 radical (unpaired) electrons. The first-order valence-corrected chi connectivity index (χ1v) is 7.14. The molecule has 0 aromatic heterocycles. The van der Waals surface area contributed by atoms with Gasteiger partial charge in [-0.1, -0.05) is 6.08 Å². The van der Waals surface area contributed by atoms with Crippen molar-refractivity contribution in [2.45, 2.75) is 13.3 Å². The molecule has 0 aliphatic carbocycles. The number of nitrogen functional groups attached to an aromatic ring is 1. The van der Waals surface area contributed by atoms with Gasteiger partial charge in [-0.2, -0.15) is 0 Å². The quantitative estimate of drug-likeness (QED) is 0.666. The van der Waals surface area contributed by atoms with Gasteiger partial charge < -0.3 is 20.1 Å². The molecular weight excluding hydrogens is 268 g/mol. The van der Waals surface area contributed by atoms with Gasteiger partial charge in [0.15, 0.2) is 0 Å². The zero-order valence-corrected chi connectivity index (χ0v) is 12.6. The van der Waals surface area contributed by atoms with Crippen LogP contribution < -0.4 is 10.5 Å². The molecule has 21 heavy (non-hydrogen) atoms. The first-order valence-electron chi connectivity index (χ1n) is 7.14. The second kappa shape index (κ2) is 7.13. The Hall–Kier alpha value is -2.01. The van der Waals surface area contributed by atoms with Crippen LogP contribution in [0.15, 0.2) is 29.8 Å². The van der Waals surface area contributed by atoms with E-state index in [0.717, 1.165) is 6.42 Å². The van der Waals surface area contributed by atoms with Gasteiger partial charge in [-0.25, -0.2) is 0 Å². The van der Waals surface area contributed by atoms with Crippen LogP contribution >= 0.6 is 0 Å². The van der Waals surface area contributed by atoms with Crippen LogP contribution in [0.25, 0.3) is 0 Å². The van der Waals surface area contributed by atoms with Gasteiger partial charge >= 0.3 is 0 Å². The lowest BCUT2D eigenvalue weighted by Crippen LogP contribution is -2.35. The number of ether oxygens (including phenoxy) is 2. The summed E-state index contributed by atoms with van der Waals surface area (Å²) in [6.45, 7) is 4.41. The minimum Gasteiger partial charge on any atom is -0.492 e. The summed E-state index contributed by atoms with van der Waals surface area (Å²) in [5.74, 6) is 0.618. The summed E-state index contributed by atoms with van der Waals surface area (Å²) in [5.41, 5.74) is 8.25. The summed E-state index contributed by atoms with van der Waals surface area (Å²) in [6.07, 6.45) is 2.91. The van der Waals surface area contributed by atoms with Gasteiger partial charge in [0, 0.05) is 25.8 Å². The van der Waals surface area contributed by atoms with Gasteiger partial charge in [0.1, 0.15) is 5.75 Å². The van der Waals surface area contributed by atoms with Crippen LogP contribution in [0.2, 0.25) is 0 Å². The Morgan fingerprint density at radius 1 is 1.43 bits per heavy atom. The molecule has 2 rings (SSSR count). The number of nitrogens with zero attached hydrogens (tertiary/aromatic N) is 1. The van der Waals surface area contributed by atoms with E-state index in [9.17, 15) is 4.79 Å². The van der Waals surface area contributed by atoms with Gasteiger partial charge in [0.05, 0.1) is 18.9 Å². The molecule has 1 amide bonds. The van der Waals surface area contributed by atoms with E-state index in [0.29, 0.717) is 43.3 Å². The van der Waals surface area contributed by atoms with Crippen molar-refractivity contribution >= 4 is 11.6 Å². The van der Waals surface area contributed by atoms with E-state index >= 15 is 0 Å². The van der Waals surface area contributed by atoms with Gasteiger partial charge in [-0.15, -0.1) is 0 Å². The molecule has 5 heteroatoms. The highest BCUT2D eigenvalue weighted by molar-refractivity contribution is 5.95. The number of anilines is 1. The molecule has 1 aromatic carbocycles. The molecule has 1 aliphatic heterocycles. The lowest BCUT2D eigenvalue weighted by atomic mass is 10.1. The van der Waals surface area contributed by atoms with Crippen molar-refractivity contribution in [2.24, 2.45) is 0 Å². The fraction of sp³-hybridized carbons (Fsp3) is 0.438. The summed E-state index contributed by atoms with van der Waals surface area (Å²) in [6, 6.07) is 5.20. The number of benzene rings is 1. The van der Waals surface area contributed by atoms with Crippen LogP contribution in [0, 0.1) is 0 Å². The third kappa shape index (κ3) is 3.76.